The molecule has 14 heavy (non-hydrogen) atoms. The van der Waals surface area contributed by atoms with Gasteiger partial charge >= 0.3 is 0 Å². The third-order valence-corrected chi connectivity index (χ3v) is 2.70. The van der Waals surface area contributed by atoms with Crippen molar-refractivity contribution in [3.8, 4) is 6.07 Å². The summed E-state index contributed by atoms with van der Waals surface area (Å²) in [6.07, 6.45) is 0. The van der Waals surface area contributed by atoms with E-state index in [2.05, 4.69) is 0 Å². The minimum absolute atomic E-state index is 0.134. The molecular weight excluding hydrogens is 218 g/mol. The van der Waals surface area contributed by atoms with Gasteiger partial charge in [0.2, 0.25) is 0 Å². The van der Waals surface area contributed by atoms with Crippen LogP contribution in [0.5, 0.6) is 0 Å². The van der Waals surface area contributed by atoms with Crippen LogP contribution in [0, 0.1) is 16.7 Å². The van der Waals surface area contributed by atoms with Gasteiger partial charge < -0.3 is 5.73 Å². The molecule has 1 rings (SSSR count). The number of hydrogen-bond donors (Lipinski definition) is 2. The number of rotatable bonds is 2. The number of benzene rings is 1. The van der Waals surface area contributed by atoms with Gasteiger partial charge in [-0.05, 0) is 24.3 Å². The first kappa shape index (κ1) is 11.1. The summed E-state index contributed by atoms with van der Waals surface area (Å²) in [4.78, 5) is 0.852. The Kier molecular flexibility index (Phi) is 3.96. The predicted octanol–water partition coefficient (Wildman–Crippen LogP) is 2.26. The number of nitriles is 1. The molecular formula is C9H8ClN3S. The van der Waals surface area contributed by atoms with E-state index in [0.29, 0.717) is 5.02 Å². The van der Waals surface area contributed by atoms with Crippen molar-refractivity contribution in [2.24, 2.45) is 5.73 Å². The third-order valence-electron chi connectivity index (χ3n) is 1.46. The molecule has 0 aliphatic carbocycles. The molecule has 0 radical (unpaired) electrons. The standard InChI is InChI=1S/C9H8ClN3S/c10-6-1-3-7(4-2-6)14-9(13)8(12)5-11/h1-4,8,13H,12H2. The van der Waals surface area contributed by atoms with Gasteiger partial charge in [0.25, 0.3) is 0 Å². The molecule has 0 bridgehead atoms. The molecule has 0 heterocycles. The van der Waals surface area contributed by atoms with Crippen LogP contribution in [0.1, 0.15) is 0 Å². The van der Waals surface area contributed by atoms with Crippen LogP contribution in [0.3, 0.4) is 0 Å². The predicted molar refractivity (Wildman–Crippen MR) is 58.6 cm³/mol. The van der Waals surface area contributed by atoms with Crippen LogP contribution in [-0.4, -0.2) is 11.1 Å². The van der Waals surface area contributed by atoms with Crippen LogP contribution in [0.25, 0.3) is 0 Å². The lowest BCUT2D eigenvalue weighted by Crippen LogP contribution is -2.25. The Bertz CT molecular complexity index is 369. The van der Waals surface area contributed by atoms with Crippen molar-refractivity contribution in [2.45, 2.75) is 10.9 Å². The van der Waals surface area contributed by atoms with Crippen LogP contribution >= 0.6 is 23.4 Å². The van der Waals surface area contributed by atoms with E-state index < -0.39 is 6.04 Å². The van der Waals surface area contributed by atoms with Crippen LogP contribution < -0.4 is 5.73 Å². The first-order chi connectivity index (χ1) is 6.63. The van der Waals surface area contributed by atoms with Gasteiger partial charge in [-0.1, -0.05) is 23.4 Å². The minimum atomic E-state index is -0.851. The molecule has 1 aromatic rings. The highest BCUT2D eigenvalue weighted by atomic mass is 35.5. The smallest absolute Gasteiger partial charge is 0.141 e. The van der Waals surface area contributed by atoms with Gasteiger partial charge in [0, 0.05) is 9.92 Å². The van der Waals surface area contributed by atoms with Crippen molar-refractivity contribution in [1.29, 1.82) is 10.7 Å². The number of nitrogens with two attached hydrogens (primary N) is 1. The molecule has 0 aliphatic rings. The summed E-state index contributed by atoms with van der Waals surface area (Å²) >= 11 is 6.86. The number of hydrogen-bond acceptors (Lipinski definition) is 4. The van der Waals surface area contributed by atoms with E-state index in [1.807, 2.05) is 0 Å². The molecule has 1 atom stereocenters. The normalized spacial score (nSPS) is 11.8. The van der Waals surface area contributed by atoms with Gasteiger partial charge in [-0.15, -0.1) is 0 Å². The molecule has 0 aliphatic heterocycles. The Morgan fingerprint density at radius 1 is 1.50 bits per heavy atom. The highest BCUT2D eigenvalue weighted by Crippen LogP contribution is 2.21. The Morgan fingerprint density at radius 3 is 2.57 bits per heavy atom. The molecule has 1 aromatic carbocycles. The lowest BCUT2D eigenvalue weighted by atomic mass is 10.4. The molecule has 0 amide bonds. The molecule has 0 saturated carbocycles. The second-order valence-electron chi connectivity index (χ2n) is 2.53. The van der Waals surface area contributed by atoms with Crippen LogP contribution in [-0.2, 0) is 0 Å². The van der Waals surface area contributed by atoms with Crippen molar-refractivity contribution in [3.63, 3.8) is 0 Å². The molecule has 0 fully saturated rings. The second kappa shape index (κ2) is 5.01. The fraction of sp³-hybridized carbons (Fsp3) is 0.111. The van der Waals surface area contributed by atoms with E-state index in [1.165, 1.54) is 0 Å². The summed E-state index contributed by atoms with van der Waals surface area (Å²) < 4.78 is 0. The van der Waals surface area contributed by atoms with E-state index in [-0.39, 0.29) is 5.04 Å². The second-order valence-corrected chi connectivity index (χ2v) is 4.08. The highest BCUT2D eigenvalue weighted by molar-refractivity contribution is 8.14. The summed E-state index contributed by atoms with van der Waals surface area (Å²) in [6, 6.07) is 7.98. The Labute approximate surface area is 91.4 Å². The summed E-state index contributed by atoms with van der Waals surface area (Å²) in [5, 5.41) is 16.7. The van der Waals surface area contributed by atoms with Gasteiger partial charge in [-0.25, -0.2) is 0 Å². The fourth-order valence-corrected chi connectivity index (χ4v) is 1.58. The third kappa shape index (κ3) is 3.04. The van der Waals surface area contributed by atoms with Gasteiger partial charge in [0.05, 0.1) is 6.07 Å². The van der Waals surface area contributed by atoms with E-state index in [9.17, 15) is 0 Å². The minimum Gasteiger partial charge on any atom is -0.310 e. The number of thioether (sulfide) groups is 1. The monoisotopic (exact) mass is 225 g/mol. The lowest BCUT2D eigenvalue weighted by Gasteiger charge is -2.04. The quantitative estimate of drug-likeness (QED) is 0.461. The molecule has 3 nitrogen and oxygen atoms in total. The van der Waals surface area contributed by atoms with Crippen LogP contribution in [0.2, 0.25) is 5.02 Å². The lowest BCUT2D eigenvalue weighted by molar-refractivity contribution is 1.10. The van der Waals surface area contributed by atoms with E-state index in [4.69, 9.17) is 28.0 Å². The zero-order valence-corrected chi connectivity index (χ0v) is 8.77. The summed E-state index contributed by atoms with van der Waals surface area (Å²) in [5.41, 5.74) is 5.36. The van der Waals surface area contributed by atoms with E-state index in [0.717, 1.165) is 16.7 Å². The maximum absolute atomic E-state index is 8.48. The van der Waals surface area contributed by atoms with E-state index >= 15 is 0 Å². The van der Waals surface area contributed by atoms with Gasteiger partial charge in [-0.3, -0.25) is 5.41 Å². The molecule has 0 saturated heterocycles. The Balaban J connectivity index is 2.66. The molecule has 0 aromatic heterocycles. The number of nitrogens with one attached hydrogen (secondary N) is 1. The van der Waals surface area contributed by atoms with Gasteiger partial charge in [-0.2, -0.15) is 5.26 Å². The SMILES string of the molecule is N#CC(N)C(=N)Sc1ccc(Cl)cc1. The van der Waals surface area contributed by atoms with Gasteiger partial charge in [0.1, 0.15) is 11.1 Å². The first-order valence-corrected chi connectivity index (χ1v) is 5.00. The van der Waals surface area contributed by atoms with Crippen molar-refractivity contribution in [2.75, 3.05) is 0 Å². The summed E-state index contributed by atoms with van der Waals surface area (Å²) in [7, 11) is 0. The molecule has 3 N–H and O–H groups in total. The van der Waals surface area contributed by atoms with Gasteiger partial charge in [0.15, 0.2) is 0 Å². The zero-order valence-electron chi connectivity index (χ0n) is 7.20. The number of nitrogens with zero attached hydrogens (tertiary/aromatic N) is 1. The fourth-order valence-electron chi connectivity index (χ4n) is 0.752. The average molecular weight is 226 g/mol. The van der Waals surface area contributed by atoms with Crippen molar-refractivity contribution < 1.29 is 0 Å². The maximum atomic E-state index is 8.48. The molecule has 72 valence electrons. The Hall–Kier alpha value is -1.02. The maximum Gasteiger partial charge on any atom is 0.141 e. The first-order valence-electron chi connectivity index (χ1n) is 3.80. The summed E-state index contributed by atoms with van der Waals surface area (Å²) in [6.45, 7) is 0. The molecule has 1 unspecified atom stereocenters. The zero-order chi connectivity index (χ0) is 10.6. The number of halogens is 1. The molecule has 0 spiro atoms. The highest BCUT2D eigenvalue weighted by Gasteiger charge is 2.09. The summed E-state index contributed by atoms with van der Waals surface area (Å²) in [5.74, 6) is 0. The van der Waals surface area contributed by atoms with Crippen LogP contribution in [0.4, 0.5) is 0 Å². The Morgan fingerprint density at radius 2 is 2.07 bits per heavy atom. The van der Waals surface area contributed by atoms with Crippen molar-refractivity contribution in [3.05, 3.63) is 29.3 Å². The largest absolute Gasteiger partial charge is 0.310 e. The molecule has 5 heteroatoms. The van der Waals surface area contributed by atoms with Crippen molar-refractivity contribution in [1.82, 2.24) is 0 Å². The van der Waals surface area contributed by atoms with Crippen LogP contribution in [0.15, 0.2) is 29.2 Å². The average Bonchev–Trinajstić information content (AvgIpc) is 2.20. The van der Waals surface area contributed by atoms with Crippen molar-refractivity contribution >= 4 is 28.4 Å². The van der Waals surface area contributed by atoms with E-state index in [1.54, 1.807) is 30.3 Å². The topological polar surface area (TPSA) is 73.7 Å².